The van der Waals surface area contributed by atoms with Gasteiger partial charge in [-0.05, 0) is 36.5 Å². The summed E-state index contributed by atoms with van der Waals surface area (Å²) in [6.45, 7) is 5.89. The van der Waals surface area contributed by atoms with Crippen LogP contribution in [0.5, 0.6) is 0 Å². The minimum Gasteiger partial charge on any atom is -0.310 e. The fourth-order valence-electron chi connectivity index (χ4n) is 4.87. The summed E-state index contributed by atoms with van der Waals surface area (Å²) in [5.74, 6) is 2.04. The van der Waals surface area contributed by atoms with Gasteiger partial charge in [0.15, 0.2) is 0 Å². The van der Waals surface area contributed by atoms with E-state index in [9.17, 15) is 4.79 Å². The highest BCUT2D eigenvalue weighted by atomic mass is 16.1. The van der Waals surface area contributed by atoms with Crippen molar-refractivity contribution >= 4 is 5.78 Å². The number of hydrogen-bond donors (Lipinski definition) is 1. The Hall–Kier alpha value is -0.370. The summed E-state index contributed by atoms with van der Waals surface area (Å²) >= 11 is 0. The first-order chi connectivity index (χ1) is 8.06. The average molecular weight is 235 g/mol. The lowest BCUT2D eigenvalue weighted by Crippen LogP contribution is -2.48. The Morgan fingerprint density at radius 2 is 2.12 bits per heavy atom. The van der Waals surface area contributed by atoms with E-state index in [-0.39, 0.29) is 0 Å². The van der Waals surface area contributed by atoms with Gasteiger partial charge < -0.3 is 5.32 Å². The second-order valence-electron chi connectivity index (χ2n) is 7.01. The first kappa shape index (κ1) is 11.7. The molecule has 2 saturated carbocycles. The van der Waals surface area contributed by atoms with E-state index in [1.165, 1.54) is 25.7 Å². The Kier molecular flexibility index (Phi) is 2.62. The molecule has 2 aliphatic carbocycles. The van der Waals surface area contributed by atoms with Crippen LogP contribution in [0.25, 0.3) is 0 Å². The van der Waals surface area contributed by atoms with Crippen molar-refractivity contribution in [1.82, 2.24) is 5.32 Å². The summed E-state index contributed by atoms with van der Waals surface area (Å²) in [6, 6.07) is 0. The lowest BCUT2D eigenvalue weighted by Gasteiger charge is -2.43. The first-order valence-corrected chi connectivity index (χ1v) is 7.33. The van der Waals surface area contributed by atoms with Gasteiger partial charge in [0.25, 0.3) is 0 Å². The van der Waals surface area contributed by atoms with Gasteiger partial charge in [-0.1, -0.05) is 26.7 Å². The molecule has 2 spiro atoms. The number of nitrogens with one attached hydrogen (secondary N) is 1. The van der Waals surface area contributed by atoms with Crippen LogP contribution in [0.1, 0.15) is 58.8 Å². The molecule has 0 aromatic rings. The fourth-order valence-corrected chi connectivity index (χ4v) is 4.87. The Labute approximate surface area is 105 Å². The molecule has 1 saturated heterocycles. The van der Waals surface area contributed by atoms with Crippen LogP contribution in [0.15, 0.2) is 0 Å². The summed E-state index contributed by atoms with van der Waals surface area (Å²) in [5, 5.41) is 3.85. The molecule has 0 aromatic heterocycles. The van der Waals surface area contributed by atoms with Crippen LogP contribution in [0.4, 0.5) is 0 Å². The Bertz CT molecular complexity index is 340. The number of carbonyl (C=O) groups is 1. The molecule has 2 nitrogen and oxygen atoms in total. The molecule has 3 aliphatic rings. The van der Waals surface area contributed by atoms with Crippen LogP contribution in [0.3, 0.4) is 0 Å². The van der Waals surface area contributed by atoms with Crippen molar-refractivity contribution in [2.45, 2.75) is 64.3 Å². The molecule has 2 heteroatoms. The summed E-state index contributed by atoms with van der Waals surface area (Å²) < 4.78 is 0. The normalized spacial score (nSPS) is 50.6. The minimum atomic E-state index is 0.314. The van der Waals surface area contributed by atoms with Crippen LogP contribution >= 0.6 is 0 Å². The molecule has 0 radical (unpaired) electrons. The Morgan fingerprint density at radius 1 is 1.29 bits per heavy atom. The maximum atomic E-state index is 11.7. The largest absolute Gasteiger partial charge is 0.310 e. The molecule has 4 atom stereocenters. The number of ketones is 1. The van der Waals surface area contributed by atoms with E-state index >= 15 is 0 Å². The molecule has 4 unspecified atom stereocenters. The summed E-state index contributed by atoms with van der Waals surface area (Å²) in [6.07, 6.45) is 8.22. The van der Waals surface area contributed by atoms with E-state index in [2.05, 4.69) is 19.2 Å². The van der Waals surface area contributed by atoms with E-state index in [0.29, 0.717) is 22.7 Å². The molecular weight excluding hydrogens is 210 g/mol. The quantitative estimate of drug-likeness (QED) is 0.699. The van der Waals surface area contributed by atoms with Crippen LogP contribution in [-0.4, -0.2) is 17.9 Å². The molecule has 1 aliphatic heterocycles. The van der Waals surface area contributed by atoms with Gasteiger partial charge in [0.1, 0.15) is 5.78 Å². The van der Waals surface area contributed by atoms with Gasteiger partial charge in [0.05, 0.1) is 0 Å². The number of Topliss-reactive ketones (excluding diaryl/α,β-unsaturated/α-hetero) is 1. The number of carbonyl (C=O) groups excluding carboxylic acids is 1. The fraction of sp³-hybridized carbons (Fsp3) is 0.933. The van der Waals surface area contributed by atoms with Crippen molar-refractivity contribution in [3.05, 3.63) is 0 Å². The van der Waals surface area contributed by atoms with Gasteiger partial charge in [0, 0.05) is 24.9 Å². The highest BCUT2D eigenvalue weighted by molar-refractivity contribution is 5.81. The minimum absolute atomic E-state index is 0.314. The molecule has 1 N–H and O–H groups in total. The lowest BCUT2D eigenvalue weighted by atomic mass is 9.63. The van der Waals surface area contributed by atoms with Crippen molar-refractivity contribution in [2.24, 2.45) is 17.3 Å². The van der Waals surface area contributed by atoms with Gasteiger partial charge in [-0.15, -0.1) is 0 Å². The van der Waals surface area contributed by atoms with Gasteiger partial charge in [-0.3, -0.25) is 4.79 Å². The van der Waals surface area contributed by atoms with Gasteiger partial charge in [-0.2, -0.15) is 0 Å². The monoisotopic (exact) mass is 235 g/mol. The van der Waals surface area contributed by atoms with Gasteiger partial charge in [0.2, 0.25) is 0 Å². The van der Waals surface area contributed by atoms with E-state index in [4.69, 9.17) is 0 Å². The molecule has 0 aromatic carbocycles. The number of rotatable bonds is 0. The van der Waals surface area contributed by atoms with Crippen molar-refractivity contribution in [2.75, 3.05) is 6.54 Å². The second-order valence-corrected chi connectivity index (χ2v) is 7.01. The van der Waals surface area contributed by atoms with Gasteiger partial charge in [-0.25, -0.2) is 0 Å². The molecule has 3 rings (SSSR count). The van der Waals surface area contributed by atoms with E-state index < -0.39 is 0 Å². The summed E-state index contributed by atoms with van der Waals surface area (Å²) in [4.78, 5) is 11.7. The zero-order valence-electron chi connectivity index (χ0n) is 11.2. The third kappa shape index (κ3) is 1.68. The predicted molar refractivity (Wildman–Crippen MR) is 68.8 cm³/mol. The first-order valence-electron chi connectivity index (χ1n) is 7.33. The smallest absolute Gasteiger partial charge is 0.133 e. The highest BCUT2D eigenvalue weighted by Crippen LogP contribution is 2.55. The summed E-state index contributed by atoms with van der Waals surface area (Å²) in [7, 11) is 0. The predicted octanol–water partition coefficient (Wildman–Crippen LogP) is 2.91. The van der Waals surface area contributed by atoms with Crippen LogP contribution in [0, 0.1) is 17.3 Å². The van der Waals surface area contributed by atoms with Crippen LogP contribution in [-0.2, 0) is 4.79 Å². The maximum Gasteiger partial charge on any atom is 0.133 e. The zero-order valence-corrected chi connectivity index (χ0v) is 11.2. The lowest BCUT2D eigenvalue weighted by molar-refractivity contribution is -0.118. The van der Waals surface area contributed by atoms with E-state index in [1.54, 1.807) is 0 Å². The van der Waals surface area contributed by atoms with Crippen LogP contribution < -0.4 is 5.32 Å². The zero-order chi connectivity index (χ0) is 12.1. The molecule has 17 heavy (non-hydrogen) atoms. The van der Waals surface area contributed by atoms with Crippen molar-refractivity contribution < 1.29 is 4.79 Å². The SMILES string of the molecule is CC1CCCC2(C1)NCC1(CCC(=O)C1)C2C. The molecule has 1 heterocycles. The standard InChI is InChI=1S/C15H25NO/c1-11-4-3-6-15(8-11)12(2)14(10-16-15)7-5-13(17)9-14/h11-12,16H,3-10H2,1-2H3. The molecule has 0 bridgehead atoms. The highest BCUT2D eigenvalue weighted by Gasteiger charge is 2.57. The molecule has 0 amide bonds. The average Bonchev–Trinajstić information content (AvgIpc) is 2.78. The second kappa shape index (κ2) is 3.81. The van der Waals surface area contributed by atoms with Crippen molar-refractivity contribution in [3.8, 4) is 0 Å². The van der Waals surface area contributed by atoms with Gasteiger partial charge >= 0.3 is 0 Å². The number of hydrogen-bond acceptors (Lipinski definition) is 2. The van der Waals surface area contributed by atoms with E-state index in [1.807, 2.05) is 0 Å². The molecule has 96 valence electrons. The van der Waals surface area contributed by atoms with Crippen molar-refractivity contribution in [3.63, 3.8) is 0 Å². The third-order valence-corrected chi connectivity index (χ3v) is 6.02. The maximum absolute atomic E-state index is 11.7. The Morgan fingerprint density at radius 3 is 2.76 bits per heavy atom. The Balaban J connectivity index is 1.83. The third-order valence-electron chi connectivity index (χ3n) is 6.02. The molecule has 3 fully saturated rings. The van der Waals surface area contributed by atoms with Crippen molar-refractivity contribution in [1.29, 1.82) is 0 Å². The topological polar surface area (TPSA) is 29.1 Å². The van der Waals surface area contributed by atoms with Crippen LogP contribution in [0.2, 0.25) is 0 Å². The summed E-state index contributed by atoms with van der Waals surface area (Å²) in [5.41, 5.74) is 0.677. The molecular formula is C15H25NO. The van der Waals surface area contributed by atoms with E-state index in [0.717, 1.165) is 31.7 Å².